The molecule has 142 valence electrons. The molecule has 0 fully saturated rings. The van der Waals surface area contributed by atoms with Crippen molar-refractivity contribution in [2.45, 2.75) is 13.0 Å². The van der Waals surface area contributed by atoms with E-state index in [4.69, 9.17) is 11.6 Å². The molecule has 0 saturated heterocycles. The Hall–Kier alpha value is -1.71. The molecule has 2 heterocycles. The Morgan fingerprint density at radius 1 is 1.15 bits per heavy atom. The quantitative estimate of drug-likeness (QED) is 0.222. The van der Waals surface area contributed by atoms with Gasteiger partial charge < -0.3 is 10.6 Å². The standard InChI is InChI=1S/C19H20ClN5S.HI/c1-21-19(22-10-9-14-7-8-17(20)23-11-14)24-12-16-13-26-18(25-16)15-5-3-2-4-6-15;/h2-8,11,13H,9-10,12H2,1H3,(H2,21,22,24);1H. The van der Waals surface area contributed by atoms with Gasteiger partial charge in [-0.05, 0) is 18.1 Å². The molecule has 0 saturated carbocycles. The van der Waals surface area contributed by atoms with Crippen LogP contribution >= 0.6 is 46.9 Å². The lowest BCUT2D eigenvalue weighted by Gasteiger charge is -2.11. The van der Waals surface area contributed by atoms with Gasteiger partial charge in [0.15, 0.2) is 5.96 Å². The summed E-state index contributed by atoms with van der Waals surface area (Å²) in [4.78, 5) is 13.0. The Balaban J connectivity index is 0.00000261. The molecule has 27 heavy (non-hydrogen) atoms. The number of aromatic nitrogens is 2. The van der Waals surface area contributed by atoms with Crippen LogP contribution < -0.4 is 10.6 Å². The number of rotatable bonds is 6. The van der Waals surface area contributed by atoms with Crippen LogP contribution in [0.4, 0.5) is 0 Å². The minimum absolute atomic E-state index is 0. The van der Waals surface area contributed by atoms with Gasteiger partial charge in [-0.15, -0.1) is 35.3 Å². The average molecular weight is 514 g/mol. The van der Waals surface area contributed by atoms with E-state index in [1.165, 1.54) is 0 Å². The molecule has 3 rings (SSSR count). The fourth-order valence-electron chi connectivity index (χ4n) is 2.38. The first-order valence-corrected chi connectivity index (χ1v) is 9.55. The number of halogens is 2. The second-order valence-corrected chi connectivity index (χ2v) is 6.85. The maximum atomic E-state index is 5.80. The highest BCUT2D eigenvalue weighted by atomic mass is 127. The number of hydrogen-bond donors (Lipinski definition) is 2. The number of benzene rings is 1. The number of thiazole rings is 1. The third kappa shape index (κ3) is 6.75. The van der Waals surface area contributed by atoms with Gasteiger partial charge in [-0.25, -0.2) is 9.97 Å². The summed E-state index contributed by atoms with van der Waals surface area (Å²) in [5, 5.41) is 10.2. The molecule has 0 aliphatic rings. The Labute approximate surface area is 185 Å². The van der Waals surface area contributed by atoms with E-state index in [0.29, 0.717) is 11.7 Å². The minimum Gasteiger partial charge on any atom is -0.356 e. The van der Waals surface area contributed by atoms with Crippen molar-refractivity contribution in [1.29, 1.82) is 0 Å². The van der Waals surface area contributed by atoms with Gasteiger partial charge in [0.05, 0.1) is 12.2 Å². The summed E-state index contributed by atoms with van der Waals surface area (Å²) in [5.41, 5.74) is 3.27. The maximum Gasteiger partial charge on any atom is 0.191 e. The highest BCUT2D eigenvalue weighted by Gasteiger charge is 2.05. The third-order valence-corrected chi connectivity index (χ3v) is 4.89. The first-order chi connectivity index (χ1) is 12.7. The zero-order valence-electron chi connectivity index (χ0n) is 14.9. The molecule has 0 radical (unpaired) electrons. The van der Waals surface area contributed by atoms with Crippen molar-refractivity contribution in [3.8, 4) is 10.6 Å². The average Bonchev–Trinajstić information content (AvgIpc) is 3.16. The number of nitrogens with one attached hydrogen (secondary N) is 2. The lowest BCUT2D eigenvalue weighted by atomic mass is 10.2. The summed E-state index contributed by atoms with van der Waals surface area (Å²) in [7, 11) is 1.76. The lowest BCUT2D eigenvalue weighted by molar-refractivity contribution is 0.785. The van der Waals surface area contributed by atoms with Crippen LogP contribution in [0.15, 0.2) is 59.0 Å². The monoisotopic (exact) mass is 513 g/mol. The Bertz CT molecular complexity index is 852. The fourth-order valence-corrected chi connectivity index (χ4v) is 3.31. The summed E-state index contributed by atoms with van der Waals surface area (Å²) in [6, 6.07) is 14.0. The van der Waals surface area contributed by atoms with Gasteiger partial charge in [0.2, 0.25) is 0 Å². The van der Waals surface area contributed by atoms with Crippen LogP contribution in [0.5, 0.6) is 0 Å². The van der Waals surface area contributed by atoms with Crippen LogP contribution in [0, 0.1) is 0 Å². The third-order valence-electron chi connectivity index (χ3n) is 3.73. The molecule has 0 spiro atoms. The van der Waals surface area contributed by atoms with Crippen LogP contribution in [0.1, 0.15) is 11.3 Å². The summed E-state index contributed by atoms with van der Waals surface area (Å²) in [5.74, 6) is 0.751. The van der Waals surface area contributed by atoms with E-state index in [0.717, 1.165) is 40.8 Å². The zero-order valence-corrected chi connectivity index (χ0v) is 18.8. The van der Waals surface area contributed by atoms with Crippen molar-refractivity contribution < 1.29 is 0 Å². The highest BCUT2D eigenvalue weighted by molar-refractivity contribution is 14.0. The van der Waals surface area contributed by atoms with E-state index >= 15 is 0 Å². The first kappa shape index (κ1) is 21.6. The zero-order chi connectivity index (χ0) is 18.2. The number of aliphatic imine (C=N–C) groups is 1. The summed E-state index contributed by atoms with van der Waals surface area (Å²) < 4.78 is 0. The van der Waals surface area contributed by atoms with Crippen molar-refractivity contribution in [1.82, 2.24) is 20.6 Å². The second kappa shape index (κ2) is 11.2. The topological polar surface area (TPSA) is 62.2 Å². The molecule has 0 unspecified atom stereocenters. The van der Waals surface area contributed by atoms with Crippen molar-refractivity contribution >= 4 is 52.9 Å². The van der Waals surface area contributed by atoms with E-state index in [2.05, 4.69) is 43.1 Å². The molecular weight excluding hydrogens is 493 g/mol. The Morgan fingerprint density at radius 3 is 2.67 bits per heavy atom. The molecule has 1 aromatic carbocycles. The molecule has 8 heteroatoms. The molecule has 0 aliphatic heterocycles. The molecule has 2 N–H and O–H groups in total. The SMILES string of the molecule is CN=C(NCCc1ccc(Cl)nc1)NCc1csc(-c2ccccc2)n1.I. The molecule has 3 aromatic rings. The van der Waals surface area contributed by atoms with E-state index in [9.17, 15) is 0 Å². The number of nitrogens with zero attached hydrogens (tertiary/aromatic N) is 3. The Kier molecular flexibility index (Phi) is 8.96. The van der Waals surface area contributed by atoms with Gasteiger partial charge in [0.25, 0.3) is 0 Å². The van der Waals surface area contributed by atoms with Crippen molar-refractivity contribution in [3.05, 3.63) is 70.5 Å². The molecule has 0 atom stereocenters. The van der Waals surface area contributed by atoms with Crippen LogP contribution in [-0.4, -0.2) is 29.5 Å². The van der Waals surface area contributed by atoms with Gasteiger partial charge in [-0.3, -0.25) is 4.99 Å². The fraction of sp³-hybridized carbons (Fsp3) is 0.211. The van der Waals surface area contributed by atoms with Crippen LogP contribution in [-0.2, 0) is 13.0 Å². The number of hydrogen-bond acceptors (Lipinski definition) is 4. The predicted octanol–water partition coefficient (Wildman–Crippen LogP) is 4.38. The normalized spacial score (nSPS) is 11.0. The van der Waals surface area contributed by atoms with Gasteiger partial charge in [0, 0.05) is 30.7 Å². The number of guanidine groups is 1. The van der Waals surface area contributed by atoms with E-state index in [1.54, 1.807) is 30.6 Å². The highest BCUT2D eigenvalue weighted by Crippen LogP contribution is 2.23. The largest absolute Gasteiger partial charge is 0.356 e. The summed E-state index contributed by atoms with van der Waals surface area (Å²) in [6.45, 7) is 1.39. The molecule has 0 bridgehead atoms. The minimum atomic E-state index is 0. The van der Waals surface area contributed by atoms with Gasteiger partial charge in [-0.2, -0.15) is 0 Å². The maximum absolute atomic E-state index is 5.80. The predicted molar refractivity (Wildman–Crippen MR) is 124 cm³/mol. The van der Waals surface area contributed by atoms with Crippen LogP contribution in [0.25, 0.3) is 10.6 Å². The summed E-state index contributed by atoms with van der Waals surface area (Å²) in [6.07, 6.45) is 2.64. The van der Waals surface area contributed by atoms with Gasteiger partial charge in [-0.1, -0.05) is 48.0 Å². The Morgan fingerprint density at radius 2 is 1.96 bits per heavy atom. The van der Waals surface area contributed by atoms with Crippen molar-refractivity contribution in [2.24, 2.45) is 4.99 Å². The molecule has 0 aliphatic carbocycles. The first-order valence-electron chi connectivity index (χ1n) is 8.29. The van der Waals surface area contributed by atoms with Crippen molar-refractivity contribution in [2.75, 3.05) is 13.6 Å². The smallest absolute Gasteiger partial charge is 0.191 e. The van der Waals surface area contributed by atoms with Gasteiger partial charge in [0.1, 0.15) is 10.2 Å². The second-order valence-electron chi connectivity index (χ2n) is 5.60. The molecule has 0 amide bonds. The van der Waals surface area contributed by atoms with E-state index < -0.39 is 0 Å². The van der Waals surface area contributed by atoms with Crippen molar-refractivity contribution in [3.63, 3.8) is 0 Å². The lowest BCUT2D eigenvalue weighted by Crippen LogP contribution is -2.37. The molecule has 5 nitrogen and oxygen atoms in total. The van der Waals surface area contributed by atoms with Crippen LogP contribution in [0.2, 0.25) is 5.15 Å². The van der Waals surface area contributed by atoms with Crippen LogP contribution in [0.3, 0.4) is 0 Å². The van der Waals surface area contributed by atoms with E-state index in [-0.39, 0.29) is 24.0 Å². The van der Waals surface area contributed by atoms with Gasteiger partial charge >= 0.3 is 0 Å². The molecule has 2 aromatic heterocycles. The van der Waals surface area contributed by atoms with E-state index in [1.807, 2.05) is 24.3 Å². The molecular formula is C19H21ClIN5S. The number of pyridine rings is 1. The summed E-state index contributed by atoms with van der Waals surface area (Å²) >= 11 is 7.45.